The van der Waals surface area contributed by atoms with Gasteiger partial charge in [-0.1, -0.05) is 37.3 Å². The van der Waals surface area contributed by atoms with Crippen LogP contribution < -0.4 is 19.6 Å². The minimum absolute atomic E-state index is 0.0114. The first-order valence-electron chi connectivity index (χ1n) is 11.6. The summed E-state index contributed by atoms with van der Waals surface area (Å²) in [6, 6.07) is 18.4. The molecule has 1 aromatic heterocycles. The average Bonchev–Trinajstić information content (AvgIpc) is 2.92. The summed E-state index contributed by atoms with van der Waals surface area (Å²) in [7, 11) is 1.43. The van der Waals surface area contributed by atoms with E-state index < -0.39 is 35.2 Å². The highest BCUT2D eigenvalue weighted by Gasteiger charge is 2.40. The number of fused-ring (bicyclic) bond motifs is 1. The van der Waals surface area contributed by atoms with Crippen LogP contribution in [0.5, 0.6) is 23.0 Å². The van der Waals surface area contributed by atoms with Crippen LogP contribution in [0.4, 0.5) is 13.2 Å². The average molecular weight is 528 g/mol. The molecule has 198 valence electrons. The fourth-order valence-electron chi connectivity index (χ4n) is 3.55. The van der Waals surface area contributed by atoms with Crippen molar-refractivity contribution in [3.05, 3.63) is 94.3 Å². The van der Waals surface area contributed by atoms with Gasteiger partial charge in [0, 0.05) is 6.07 Å². The molecule has 1 atom stereocenters. The zero-order chi connectivity index (χ0) is 27.3. The van der Waals surface area contributed by atoms with E-state index in [0.717, 1.165) is 11.6 Å². The first kappa shape index (κ1) is 26.6. The quantitative estimate of drug-likeness (QED) is 0.229. The van der Waals surface area contributed by atoms with Gasteiger partial charge in [-0.3, -0.25) is 4.79 Å². The van der Waals surface area contributed by atoms with Crippen LogP contribution in [0.2, 0.25) is 0 Å². The Morgan fingerprint density at radius 3 is 2.24 bits per heavy atom. The summed E-state index contributed by atoms with van der Waals surface area (Å²) in [5.74, 6) is -2.77. The van der Waals surface area contributed by atoms with E-state index in [-0.39, 0.29) is 35.5 Å². The van der Waals surface area contributed by atoms with E-state index >= 15 is 0 Å². The largest absolute Gasteiger partial charge is 0.497 e. The maximum absolute atomic E-state index is 13.8. The van der Waals surface area contributed by atoms with Gasteiger partial charge in [0.1, 0.15) is 29.4 Å². The van der Waals surface area contributed by atoms with Crippen LogP contribution in [-0.2, 0) is 22.3 Å². The molecule has 0 saturated carbocycles. The van der Waals surface area contributed by atoms with Crippen LogP contribution >= 0.6 is 0 Å². The molecule has 0 bridgehead atoms. The fraction of sp³-hybridized carbons (Fsp3) is 0.214. The highest BCUT2D eigenvalue weighted by molar-refractivity contribution is 5.80. The molecular weight excluding hydrogens is 505 g/mol. The molecule has 1 heterocycles. The third-order valence-corrected chi connectivity index (χ3v) is 5.49. The lowest BCUT2D eigenvalue weighted by Crippen LogP contribution is -2.28. The van der Waals surface area contributed by atoms with Crippen molar-refractivity contribution in [3.63, 3.8) is 0 Å². The predicted molar refractivity (Wildman–Crippen MR) is 131 cm³/mol. The van der Waals surface area contributed by atoms with Gasteiger partial charge >= 0.3 is 12.1 Å². The van der Waals surface area contributed by atoms with E-state index in [2.05, 4.69) is 0 Å². The van der Waals surface area contributed by atoms with Crippen molar-refractivity contribution in [3.8, 4) is 23.0 Å². The number of hydrogen-bond acceptors (Lipinski definition) is 7. The van der Waals surface area contributed by atoms with Crippen molar-refractivity contribution in [1.82, 2.24) is 0 Å². The molecule has 38 heavy (non-hydrogen) atoms. The minimum Gasteiger partial charge on any atom is -0.497 e. The molecule has 3 aromatic carbocycles. The Morgan fingerprint density at radius 2 is 1.61 bits per heavy atom. The van der Waals surface area contributed by atoms with Crippen LogP contribution in [0.3, 0.4) is 0 Å². The van der Waals surface area contributed by atoms with Gasteiger partial charge in [0.2, 0.25) is 11.2 Å². The summed E-state index contributed by atoms with van der Waals surface area (Å²) in [6.45, 7) is 1.73. The lowest BCUT2D eigenvalue weighted by molar-refractivity contribution is -0.154. The van der Waals surface area contributed by atoms with Crippen LogP contribution in [-0.4, -0.2) is 19.2 Å². The zero-order valence-electron chi connectivity index (χ0n) is 20.4. The van der Waals surface area contributed by atoms with Crippen molar-refractivity contribution in [1.29, 1.82) is 0 Å². The molecule has 0 aliphatic heterocycles. The van der Waals surface area contributed by atoms with Crippen molar-refractivity contribution in [2.24, 2.45) is 0 Å². The number of esters is 1. The van der Waals surface area contributed by atoms with Gasteiger partial charge in [-0.2, -0.15) is 13.2 Å². The van der Waals surface area contributed by atoms with Gasteiger partial charge in [-0.15, -0.1) is 0 Å². The Bertz CT molecular complexity index is 1460. The van der Waals surface area contributed by atoms with Crippen molar-refractivity contribution >= 4 is 16.9 Å². The second-order valence-electron chi connectivity index (χ2n) is 8.13. The second kappa shape index (κ2) is 11.3. The monoisotopic (exact) mass is 528 g/mol. The van der Waals surface area contributed by atoms with Crippen molar-refractivity contribution < 1.29 is 41.3 Å². The van der Waals surface area contributed by atoms with Crippen molar-refractivity contribution in [2.45, 2.75) is 32.2 Å². The maximum Gasteiger partial charge on any atom is 0.453 e. The van der Waals surface area contributed by atoms with Gasteiger partial charge in [-0.05, 0) is 48.4 Å². The van der Waals surface area contributed by atoms with Gasteiger partial charge in [0.25, 0.3) is 5.76 Å². The van der Waals surface area contributed by atoms with E-state index in [0.29, 0.717) is 5.75 Å². The van der Waals surface area contributed by atoms with E-state index in [1.54, 1.807) is 19.1 Å². The molecule has 0 radical (unpaired) electrons. The number of carbonyl (C=O) groups is 1. The molecular formula is C28H23F3O7. The molecule has 0 aliphatic rings. The number of rotatable bonds is 9. The predicted octanol–water partition coefficient (Wildman–Crippen LogP) is 6.51. The standard InChI is InChI=1S/C28H23F3O7/c1-3-22(27(33)35-16-17-7-5-4-6-8-17)36-20-13-14-21-23(15-20)38-26(28(29,30)31)25(24(21)32)37-19-11-9-18(34-2)10-12-19/h4-15,22H,3,16H2,1-2H3. The Labute approximate surface area is 215 Å². The minimum atomic E-state index is -5.03. The zero-order valence-corrected chi connectivity index (χ0v) is 20.4. The molecule has 0 fully saturated rings. The third-order valence-electron chi connectivity index (χ3n) is 5.49. The van der Waals surface area contributed by atoms with Gasteiger partial charge in [0.05, 0.1) is 12.5 Å². The first-order chi connectivity index (χ1) is 18.2. The summed E-state index contributed by atoms with van der Waals surface area (Å²) in [5.41, 5.74) is -0.611. The highest BCUT2D eigenvalue weighted by atomic mass is 19.4. The lowest BCUT2D eigenvalue weighted by Gasteiger charge is -2.17. The van der Waals surface area contributed by atoms with Crippen molar-refractivity contribution in [2.75, 3.05) is 7.11 Å². The number of alkyl halides is 3. The Kier molecular flexibility index (Phi) is 7.90. The first-order valence-corrected chi connectivity index (χ1v) is 11.6. The number of halogens is 3. The molecule has 7 nitrogen and oxygen atoms in total. The number of ether oxygens (including phenoxy) is 4. The smallest absolute Gasteiger partial charge is 0.453 e. The summed E-state index contributed by atoms with van der Waals surface area (Å²) in [6.07, 6.45) is -5.82. The number of benzene rings is 3. The lowest BCUT2D eigenvalue weighted by atomic mass is 10.2. The molecule has 0 spiro atoms. The molecule has 0 aliphatic carbocycles. The van der Waals surface area contributed by atoms with Crippen LogP contribution in [0.25, 0.3) is 11.0 Å². The van der Waals surface area contributed by atoms with Gasteiger partial charge in [0.15, 0.2) is 6.10 Å². The number of methoxy groups -OCH3 is 1. The summed E-state index contributed by atoms with van der Waals surface area (Å²) in [5, 5.41) is -0.159. The van der Waals surface area contributed by atoms with Crippen LogP contribution in [0, 0.1) is 0 Å². The maximum atomic E-state index is 13.8. The van der Waals surface area contributed by atoms with Crippen LogP contribution in [0.15, 0.2) is 82.0 Å². The molecule has 0 N–H and O–H groups in total. The molecule has 0 amide bonds. The van der Waals surface area contributed by atoms with Gasteiger partial charge < -0.3 is 23.4 Å². The fourth-order valence-corrected chi connectivity index (χ4v) is 3.55. The molecule has 4 aromatic rings. The Hall–Kier alpha value is -4.47. The normalized spacial score (nSPS) is 12.1. The summed E-state index contributed by atoms with van der Waals surface area (Å²) >= 11 is 0. The Morgan fingerprint density at radius 1 is 0.947 bits per heavy atom. The number of hydrogen-bond donors (Lipinski definition) is 0. The van der Waals surface area contributed by atoms with Crippen LogP contribution in [0.1, 0.15) is 24.7 Å². The summed E-state index contributed by atoms with van der Waals surface area (Å²) in [4.78, 5) is 25.5. The highest BCUT2D eigenvalue weighted by Crippen LogP contribution is 2.39. The molecule has 4 rings (SSSR count). The van der Waals surface area contributed by atoms with E-state index in [9.17, 15) is 22.8 Å². The molecule has 1 unspecified atom stereocenters. The van der Waals surface area contributed by atoms with E-state index in [1.807, 2.05) is 18.2 Å². The molecule has 0 saturated heterocycles. The summed E-state index contributed by atoms with van der Waals surface area (Å²) < 4.78 is 68.0. The second-order valence-corrected chi connectivity index (χ2v) is 8.13. The SMILES string of the molecule is CCC(Oc1ccc2c(=O)c(Oc3ccc(OC)cc3)c(C(F)(F)F)oc2c1)C(=O)OCc1ccccc1. The van der Waals surface area contributed by atoms with E-state index in [4.69, 9.17) is 23.4 Å². The number of carbonyl (C=O) groups excluding carboxylic acids is 1. The topological polar surface area (TPSA) is 84.2 Å². The van der Waals surface area contributed by atoms with E-state index in [1.165, 1.54) is 43.5 Å². The molecule has 10 heteroatoms. The Balaban J connectivity index is 1.61. The van der Waals surface area contributed by atoms with Gasteiger partial charge in [-0.25, -0.2) is 4.79 Å². The third kappa shape index (κ3) is 6.08.